The van der Waals surface area contributed by atoms with Crippen molar-refractivity contribution in [3.8, 4) is 0 Å². The lowest BCUT2D eigenvalue weighted by molar-refractivity contribution is -0.137. The molecule has 3 aliphatic rings. The Kier molecular flexibility index (Phi) is 5.43. The Morgan fingerprint density at radius 2 is 2.06 bits per heavy atom. The molecule has 1 aliphatic heterocycles. The molecule has 0 bridgehead atoms. The van der Waals surface area contributed by atoms with E-state index in [0.717, 1.165) is 24.6 Å². The van der Waals surface area contributed by atoms with Gasteiger partial charge in [0.25, 0.3) is 0 Å². The Balaban J connectivity index is 1.46. The highest BCUT2D eigenvalue weighted by atomic mass is 19.4. The van der Waals surface area contributed by atoms with Crippen LogP contribution in [0.4, 0.5) is 23.8 Å². The second-order valence-corrected chi connectivity index (χ2v) is 8.81. The molecule has 0 spiro atoms. The van der Waals surface area contributed by atoms with E-state index in [9.17, 15) is 18.0 Å². The summed E-state index contributed by atoms with van der Waals surface area (Å²) >= 11 is 0. The summed E-state index contributed by atoms with van der Waals surface area (Å²) in [6.07, 6.45) is -1.75. The first-order chi connectivity index (χ1) is 14.6. The van der Waals surface area contributed by atoms with Crippen molar-refractivity contribution in [1.82, 2.24) is 9.88 Å². The number of halogens is 3. The number of amides is 1. The maximum absolute atomic E-state index is 13.2. The zero-order chi connectivity index (χ0) is 22.5. The van der Waals surface area contributed by atoms with Crippen molar-refractivity contribution in [2.45, 2.75) is 51.4 Å². The number of pyridine rings is 1. The van der Waals surface area contributed by atoms with E-state index < -0.39 is 17.6 Å². The third kappa shape index (κ3) is 4.24. The lowest BCUT2D eigenvalue weighted by Crippen LogP contribution is -2.35. The van der Waals surface area contributed by atoms with E-state index in [0.29, 0.717) is 25.0 Å². The molecule has 4 rings (SSSR count). The van der Waals surface area contributed by atoms with E-state index in [4.69, 9.17) is 20.9 Å². The first-order valence-corrected chi connectivity index (χ1v) is 10.5. The van der Waals surface area contributed by atoms with Gasteiger partial charge in [-0.15, -0.1) is 0 Å². The number of aromatic nitrogens is 1. The number of fused-ring (bicyclic) bond motifs is 1. The van der Waals surface area contributed by atoms with Crippen LogP contribution in [0, 0.1) is 23.2 Å². The molecule has 2 heterocycles. The third-order valence-electron chi connectivity index (χ3n) is 6.39. The molecule has 1 aromatic rings. The molecule has 1 saturated heterocycles. The van der Waals surface area contributed by atoms with Gasteiger partial charge < -0.3 is 20.8 Å². The van der Waals surface area contributed by atoms with Crippen LogP contribution < -0.4 is 5.73 Å². The van der Waals surface area contributed by atoms with Gasteiger partial charge in [0.15, 0.2) is 0 Å². The van der Waals surface area contributed by atoms with E-state index in [1.165, 1.54) is 6.20 Å². The number of anilines is 1. The molecule has 1 amide bonds. The van der Waals surface area contributed by atoms with Gasteiger partial charge in [-0.1, -0.05) is 0 Å². The van der Waals surface area contributed by atoms with Crippen molar-refractivity contribution >= 4 is 23.3 Å². The van der Waals surface area contributed by atoms with Crippen LogP contribution in [0.3, 0.4) is 0 Å². The molecule has 0 radical (unpaired) electrons. The summed E-state index contributed by atoms with van der Waals surface area (Å²) in [5.74, 6) is 0.391. The predicted octanol–water partition coefficient (Wildman–Crippen LogP) is 3.77. The predicted molar refractivity (Wildman–Crippen MR) is 109 cm³/mol. The average Bonchev–Trinajstić information content (AvgIpc) is 2.99. The van der Waals surface area contributed by atoms with Crippen LogP contribution in [0.1, 0.15) is 44.2 Å². The summed E-state index contributed by atoms with van der Waals surface area (Å²) in [6, 6.07) is 1.08. The highest BCUT2D eigenvalue weighted by molar-refractivity contribution is 6.12. The number of hydrogen-bond donors (Lipinski definition) is 2. The van der Waals surface area contributed by atoms with Gasteiger partial charge in [-0.3, -0.25) is 4.99 Å². The van der Waals surface area contributed by atoms with E-state index in [2.05, 4.69) is 4.98 Å². The van der Waals surface area contributed by atoms with Crippen molar-refractivity contribution in [1.29, 1.82) is 5.41 Å². The molecule has 1 aromatic heterocycles. The van der Waals surface area contributed by atoms with Gasteiger partial charge in [-0.05, 0) is 44.6 Å². The number of carbonyl (C=O) groups is 1. The zero-order valence-electron chi connectivity index (χ0n) is 17.4. The van der Waals surface area contributed by atoms with Crippen molar-refractivity contribution in [3.63, 3.8) is 0 Å². The van der Waals surface area contributed by atoms with Crippen molar-refractivity contribution < 1.29 is 22.7 Å². The van der Waals surface area contributed by atoms with Gasteiger partial charge in [0.2, 0.25) is 0 Å². The number of alkyl halides is 3. The zero-order valence-corrected chi connectivity index (χ0v) is 17.4. The lowest BCUT2D eigenvalue weighted by atomic mass is 9.96. The van der Waals surface area contributed by atoms with Crippen LogP contribution in [-0.4, -0.2) is 52.6 Å². The number of aliphatic imine (C=N–C) groups is 1. The Morgan fingerprint density at radius 3 is 2.61 bits per heavy atom. The van der Waals surface area contributed by atoms with Crippen LogP contribution in [-0.2, 0) is 10.9 Å². The van der Waals surface area contributed by atoms with Gasteiger partial charge >= 0.3 is 12.3 Å². The maximum Gasteiger partial charge on any atom is 0.419 e. The molecule has 10 heteroatoms. The minimum atomic E-state index is -4.62. The molecule has 2 aliphatic carbocycles. The van der Waals surface area contributed by atoms with Gasteiger partial charge in [0.05, 0.1) is 12.1 Å². The minimum absolute atomic E-state index is 0.0174. The van der Waals surface area contributed by atoms with E-state index >= 15 is 0 Å². The molecule has 0 aromatic carbocycles. The topological polar surface area (TPSA) is 105 Å². The highest BCUT2D eigenvalue weighted by Crippen LogP contribution is 2.59. The summed E-state index contributed by atoms with van der Waals surface area (Å²) in [6.45, 7) is 4.94. The SMILES string of the molecule is CC(C)N=C(CC(=N)c1cnc(N)c(C(F)(F)F)c1)C1C2CC(N3CCOC3=O)CC21. The molecule has 3 N–H and O–H groups in total. The third-order valence-corrected chi connectivity index (χ3v) is 6.39. The number of cyclic esters (lactones) is 1. The van der Waals surface area contributed by atoms with Crippen LogP contribution in [0.15, 0.2) is 17.3 Å². The fraction of sp³-hybridized carbons (Fsp3) is 0.619. The Bertz CT molecular complexity index is 918. The second-order valence-electron chi connectivity index (χ2n) is 8.81. The number of nitrogens with zero attached hydrogens (tertiary/aromatic N) is 3. The summed E-state index contributed by atoms with van der Waals surface area (Å²) in [5.41, 5.74) is 5.34. The molecule has 2 saturated carbocycles. The maximum atomic E-state index is 13.2. The average molecular weight is 437 g/mol. The van der Waals surface area contributed by atoms with Crippen molar-refractivity contribution in [3.05, 3.63) is 23.4 Å². The molecule has 168 valence electrons. The van der Waals surface area contributed by atoms with E-state index in [-0.39, 0.29) is 41.8 Å². The molecule has 7 nitrogen and oxygen atoms in total. The monoisotopic (exact) mass is 437 g/mol. The number of nitrogen functional groups attached to an aromatic ring is 1. The van der Waals surface area contributed by atoms with E-state index in [1.807, 2.05) is 13.8 Å². The van der Waals surface area contributed by atoms with E-state index in [1.54, 1.807) is 4.90 Å². The normalized spacial score (nSPS) is 28.1. The fourth-order valence-electron chi connectivity index (χ4n) is 5.03. The quantitative estimate of drug-likeness (QED) is 0.661. The van der Waals surface area contributed by atoms with Crippen LogP contribution in [0.2, 0.25) is 0 Å². The Morgan fingerprint density at radius 1 is 1.39 bits per heavy atom. The van der Waals surface area contributed by atoms with Crippen LogP contribution in [0.5, 0.6) is 0 Å². The molecular formula is C21H26F3N5O2. The van der Waals surface area contributed by atoms with Gasteiger partial charge in [-0.25, -0.2) is 9.78 Å². The molecule has 3 fully saturated rings. The number of carbonyl (C=O) groups excluding carboxylic acids is 1. The Hall–Kier alpha value is -2.65. The fourth-order valence-corrected chi connectivity index (χ4v) is 5.03. The summed E-state index contributed by atoms with van der Waals surface area (Å²) < 4.78 is 44.5. The highest BCUT2D eigenvalue weighted by Gasteiger charge is 2.59. The van der Waals surface area contributed by atoms with Crippen molar-refractivity contribution in [2.24, 2.45) is 22.7 Å². The minimum Gasteiger partial charge on any atom is -0.448 e. The molecule has 31 heavy (non-hydrogen) atoms. The number of rotatable bonds is 6. The smallest absolute Gasteiger partial charge is 0.419 e. The standard InChI is InChI=1S/C21H26F3N5O2/c1-10(2)28-17(8-16(25)11-5-15(21(22,23)24)19(26)27-9-11)18-13-6-12(7-14(13)18)29-3-4-31-20(29)30/h5,9-10,12-14,18,25H,3-4,6-8H2,1-2H3,(H2,26,27). The molecule has 2 atom stereocenters. The lowest BCUT2D eigenvalue weighted by Gasteiger charge is -2.24. The number of hydrogen-bond acceptors (Lipinski definition) is 6. The van der Waals surface area contributed by atoms with Gasteiger partial charge in [0, 0.05) is 47.6 Å². The largest absolute Gasteiger partial charge is 0.448 e. The van der Waals surface area contributed by atoms with Crippen molar-refractivity contribution in [2.75, 3.05) is 18.9 Å². The first-order valence-electron chi connectivity index (χ1n) is 10.5. The first kappa shape index (κ1) is 21.6. The van der Waals surface area contributed by atoms with Crippen LogP contribution >= 0.6 is 0 Å². The Labute approximate surface area is 178 Å². The summed E-state index contributed by atoms with van der Waals surface area (Å²) in [5, 5.41) is 8.41. The molecule has 2 unspecified atom stereocenters. The second kappa shape index (κ2) is 7.80. The van der Waals surface area contributed by atoms with Gasteiger partial charge in [0.1, 0.15) is 12.4 Å². The number of nitrogens with one attached hydrogen (secondary N) is 1. The number of nitrogens with two attached hydrogens (primary N) is 1. The number of ether oxygens (including phenoxy) is 1. The molecular weight excluding hydrogens is 411 g/mol. The summed E-state index contributed by atoms with van der Waals surface area (Å²) in [7, 11) is 0. The van der Waals surface area contributed by atoms with Gasteiger partial charge in [-0.2, -0.15) is 13.2 Å². The summed E-state index contributed by atoms with van der Waals surface area (Å²) in [4.78, 5) is 22.0. The van der Waals surface area contributed by atoms with Crippen LogP contribution in [0.25, 0.3) is 0 Å².